The predicted molar refractivity (Wildman–Crippen MR) is 123 cm³/mol. The van der Waals surface area contributed by atoms with Crippen molar-refractivity contribution in [2.24, 2.45) is 11.8 Å². The zero-order valence-electron chi connectivity index (χ0n) is 15.5. The zero-order valence-corrected chi connectivity index (χ0v) is 19.4. The molecule has 4 aliphatic rings. The van der Waals surface area contributed by atoms with Crippen LogP contribution in [0.2, 0.25) is 5.02 Å². The van der Waals surface area contributed by atoms with Gasteiger partial charge in [-0.25, -0.2) is 4.90 Å². The molecule has 1 aliphatic heterocycles. The van der Waals surface area contributed by atoms with Gasteiger partial charge in [0.1, 0.15) is 0 Å². The summed E-state index contributed by atoms with van der Waals surface area (Å²) in [7, 11) is 0. The van der Waals surface area contributed by atoms with Gasteiger partial charge in [0.2, 0.25) is 11.8 Å². The van der Waals surface area contributed by atoms with Crippen LogP contribution in [-0.2, 0) is 18.2 Å². The van der Waals surface area contributed by atoms with Crippen molar-refractivity contribution in [1.82, 2.24) is 0 Å². The van der Waals surface area contributed by atoms with Crippen molar-refractivity contribution in [3.8, 4) is 0 Å². The van der Waals surface area contributed by atoms with Gasteiger partial charge in [-0.3, -0.25) is 9.59 Å². The molecule has 1 heterocycles. The number of halogens is 3. The van der Waals surface area contributed by atoms with Crippen LogP contribution in [0.4, 0.5) is 5.69 Å². The number of imide groups is 1. The van der Waals surface area contributed by atoms with E-state index in [0.29, 0.717) is 10.7 Å². The molecule has 2 atom stereocenters. The summed E-state index contributed by atoms with van der Waals surface area (Å²) >= 11 is 14.0. The average molecular weight is 544 g/mol. The molecule has 7 rings (SSSR count). The molecule has 3 nitrogen and oxygen atoms in total. The van der Waals surface area contributed by atoms with Crippen LogP contribution in [0.15, 0.2) is 72.8 Å². The lowest BCUT2D eigenvalue weighted by molar-refractivity contribution is -0.122. The second-order valence-electron chi connectivity index (χ2n) is 7.96. The number of anilines is 1. The second kappa shape index (κ2) is 6.06. The van der Waals surface area contributed by atoms with Crippen LogP contribution in [0.25, 0.3) is 0 Å². The van der Waals surface area contributed by atoms with Crippen LogP contribution in [-0.4, -0.2) is 11.8 Å². The van der Waals surface area contributed by atoms with Crippen LogP contribution in [0, 0.1) is 11.8 Å². The third kappa shape index (κ3) is 2.02. The van der Waals surface area contributed by atoms with Gasteiger partial charge in [0, 0.05) is 5.02 Å². The first-order valence-electron chi connectivity index (χ1n) is 9.61. The summed E-state index contributed by atoms with van der Waals surface area (Å²) < 4.78 is -1.54. The highest BCUT2D eigenvalue weighted by Gasteiger charge is 2.72. The quantitative estimate of drug-likeness (QED) is 0.290. The lowest BCUT2D eigenvalue weighted by Crippen LogP contribution is -2.56. The number of nitrogens with zero attached hydrogens (tertiary/aromatic N) is 1. The van der Waals surface area contributed by atoms with Crippen molar-refractivity contribution >= 4 is 61.0 Å². The van der Waals surface area contributed by atoms with Crippen LogP contribution in [0.1, 0.15) is 22.3 Å². The Kier molecular flexibility index (Phi) is 3.79. The monoisotopic (exact) mass is 541 g/mol. The fourth-order valence-electron chi connectivity index (χ4n) is 5.51. The van der Waals surface area contributed by atoms with Crippen molar-refractivity contribution < 1.29 is 9.59 Å². The van der Waals surface area contributed by atoms with Crippen molar-refractivity contribution in [3.63, 3.8) is 0 Å². The highest BCUT2D eigenvalue weighted by Crippen LogP contribution is 2.70. The van der Waals surface area contributed by atoms with Gasteiger partial charge in [-0.2, -0.15) is 0 Å². The number of hydrogen-bond acceptors (Lipinski definition) is 2. The Hall–Kier alpha value is -1.95. The van der Waals surface area contributed by atoms with Gasteiger partial charge in [0.05, 0.1) is 26.2 Å². The number of carbonyl (C=O) groups excluding carboxylic acids is 2. The molecule has 1 saturated heterocycles. The van der Waals surface area contributed by atoms with E-state index in [2.05, 4.69) is 56.1 Å². The maximum absolute atomic E-state index is 13.8. The second-order valence-corrected chi connectivity index (χ2v) is 10.9. The van der Waals surface area contributed by atoms with Crippen molar-refractivity contribution in [3.05, 3.63) is 100 Å². The third-order valence-corrected chi connectivity index (χ3v) is 9.62. The summed E-state index contributed by atoms with van der Waals surface area (Å²) in [5.41, 5.74) is 4.66. The maximum atomic E-state index is 13.8. The van der Waals surface area contributed by atoms with E-state index in [1.54, 1.807) is 24.3 Å². The number of carbonyl (C=O) groups is 2. The zero-order chi connectivity index (χ0) is 20.8. The number of benzene rings is 3. The van der Waals surface area contributed by atoms with Gasteiger partial charge in [0.15, 0.2) is 0 Å². The van der Waals surface area contributed by atoms with E-state index in [-0.39, 0.29) is 11.8 Å². The van der Waals surface area contributed by atoms with Gasteiger partial charge in [-0.1, -0.05) is 92.0 Å². The van der Waals surface area contributed by atoms with E-state index in [1.165, 1.54) is 4.90 Å². The number of alkyl halides is 2. The largest absolute Gasteiger partial charge is 0.274 e. The SMILES string of the molecule is O=C1[C@H]2[C@H](C(=O)N1c1ccc(Cl)cc1)C1(Br)c3ccccc3C2(Br)c2ccccc21. The molecule has 1 fully saturated rings. The van der Waals surface area contributed by atoms with E-state index in [4.69, 9.17) is 11.6 Å². The summed E-state index contributed by atoms with van der Waals surface area (Å²) in [5, 5.41) is 0.559. The smallest absolute Gasteiger partial charge is 0.239 e. The Balaban J connectivity index is 1.66. The minimum absolute atomic E-state index is 0.197. The molecule has 148 valence electrons. The standard InChI is InChI=1S/C24H14Br2ClNO2/c25-23-15-5-1-2-6-16(15)24(26,18-8-4-3-7-17(18)23)20-19(23)21(29)28(22(20)30)14-11-9-13(27)10-12-14/h1-12,19-20H/t19-,20-,23?,24?/m1/s1. The molecule has 2 bridgehead atoms. The van der Waals surface area contributed by atoms with Crippen molar-refractivity contribution in [2.75, 3.05) is 4.90 Å². The van der Waals surface area contributed by atoms with Crippen molar-refractivity contribution in [1.29, 1.82) is 0 Å². The van der Waals surface area contributed by atoms with Crippen LogP contribution >= 0.6 is 43.5 Å². The van der Waals surface area contributed by atoms with Crippen molar-refractivity contribution in [2.45, 2.75) is 8.65 Å². The van der Waals surface area contributed by atoms with Crippen LogP contribution in [0.5, 0.6) is 0 Å². The molecule has 3 aliphatic carbocycles. The first kappa shape index (κ1) is 18.8. The van der Waals surface area contributed by atoms with Gasteiger partial charge in [-0.05, 0) is 46.5 Å². The Bertz CT molecular complexity index is 1130. The molecule has 0 aromatic heterocycles. The minimum atomic E-state index is -0.770. The molecule has 0 saturated carbocycles. The predicted octanol–water partition coefficient (Wildman–Crippen LogP) is 5.75. The molecule has 3 aromatic carbocycles. The first-order chi connectivity index (χ1) is 14.4. The molecular weight excluding hydrogens is 530 g/mol. The maximum Gasteiger partial charge on any atom is 0.239 e. The van der Waals surface area contributed by atoms with E-state index in [9.17, 15) is 9.59 Å². The highest BCUT2D eigenvalue weighted by atomic mass is 79.9. The Labute approximate surface area is 195 Å². The van der Waals surface area contributed by atoms with E-state index >= 15 is 0 Å². The Morgan fingerprint density at radius 1 is 0.667 bits per heavy atom. The lowest BCUT2D eigenvalue weighted by atomic mass is 9.54. The van der Waals surface area contributed by atoms with E-state index in [1.807, 2.05) is 24.3 Å². The lowest BCUT2D eigenvalue weighted by Gasteiger charge is -2.55. The normalized spacial score (nSPS) is 30.8. The Morgan fingerprint density at radius 2 is 1.03 bits per heavy atom. The molecule has 0 N–H and O–H groups in total. The molecule has 6 heteroatoms. The summed E-state index contributed by atoms with van der Waals surface area (Å²) in [5.74, 6) is -1.52. The fourth-order valence-corrected chi connectivity index (χ4v) is 7.94. The van der Waals surface area contributed by atoms with Gasteiger partial charge < -0.3 is 0 Å². The van der Waals surface area contributed by atoms with E-state index < -0.39 is 20.5 Å². The molecular formula is C24H14Br2ClNO2. The van der Waals surface area contributed by atoms with Gasteiger partial charge in [0.25, 0.3) is 0 Å². The Morgan fingerprint density at radius 3 is 1.40 bits per heavy atom. The first-order valence-corrected chi connectivity index (χ1v) is 11.6. The summed E-state index contributed by atoms with van der Waals surface area (Å²) in [6.45, 7) is 0. The van der Waals surface area contributed by atoms with Gasteiger partial charge in [-0.15, -0.1) is 0 Å². The molecule has 3 aromatic rings. The molecule has 0 spiro atoms. The van der Waals surface area contributed by atoms with Gasteiger partial charge >= 0.3 is 0 Å². The summed E-state index contributed by atoms with van der Waals surface area (Å²) in [6.07, 6.45) is 0. The molecule has 30 heavy (non-hydrogen) atoms. The number of amides is 2. The average Bonchev–Trinajstić information content (AvgIpc) is 3.04. The fraction of sp³-hybridized carbons (Fsp3) is 0.167. The number of rotatable bonds is 1. The minimum Gasteiger partial charge on any atom is -0.274 e. The topological polar surface area (TPSA) is 37.4 Å². The molecule has 2 amide bonds. The van der Waals surface area contributed by atoms with E-state index in [0.717, 1.165) is 22.3 Å². The van der Waals surface area contributed by atoms with Crippen LogP contribution in [0.3, 0.4) is 0 Å². The van der Waals surface area contributed by atoms with Crippen LogP contribution < -0.4 is 4.90 Å². The summed E-state index contributed by atoms with van der Waals surface area (Å²) in [4.78, 5) is 29.0. The summed E-state index contributed by atoms with van der Waals surface area (Å²) in [6, 6.07) is 23.0. The third-order valence-electron chi connectivity index (χ3n) is 6.67. The highest BCUT2D eigenvalue weighted by molar-refractivity contribution is 9.10. The molecule has 0 radical (unpaired) electrons. The molecule has 0 unspecified atom stereocenters. The number of hydrogen-bond donors (Lipinski definition) is 0.